The smallest absolute Gasteiger partial charge is 0.326 e. The van der Waals surface area contributed by atoms with Crippen LogP contribution in [0.2, 0.25) is 0 Å². The molecule has 2 fully saturated rings. The summed E-state index contributed by atoms with van der Waals surface area (Å²) < 4.78 is 0. The molecule has 0 bridgehead atoms. The zero-order valence-corrected chi connectivity index (χ0v) is 17.7. The average Bonchev–Trinajstić information content (AvgIpc) is 3.07. The number of nitrogens with zero attached hydrogens (tertiary/aromatic N) is 3. The fourth-order valence-corrected chi connectivity index (χ4v) is 4.31. The van der Waals surface area contributed by atoms with Gasteiger partial charge in [-0.1, -0.05) is 39.0 Å². The van der Waals surface area contributed by atoms with Gasteiger partial charge >= 0.3 is 5.97 Å². The van der Waals surface area contributed by atoms with Crippen molar-refractivity contribution in [3.63, 3.8) is 0 Å². The number of carboxylic acids is 1. The molecule has 2 heterocycles. The van der Waals surface area contributed by atoms with Crippen molar-refractivity contribution in [1.82, 2.24) is 9.80 Å². The van der Waals surface area contributed by atoms with E-state index in [4.69, 9.17) is 0 Å². The Morgan fingerprint density at radius 1 is 1.10 bits per heavy atom. The number of carbonyl (C=O) groups excluding carboxylic acids is 2. The first-order chi connectivity index (χ1) is 13.6. The molecule has 158 valence electrons. The van der Waals surface area contributed by atoms with Crippen LogP contribution in [0.25, 0.3) is 0 Å². The van der Waals surface area contributed by atoms with E-state index >= 15 is 0 Å². The fraction of sp³-hybridized carbons (Fsp3) is 0.591. The highest BCUT2D eigenvalue weighted by Crippen LogP contribution is 2.32. The molecule has 1 aromatic rings. The molecule has 0 saturated carbocycles. The molecule has 0 aromatic heterocycles. The molecule has 2 atom stereocenters. The van der Waals surface area contributed by atoms with Gasteiger partial charge in [0, 0.05) is 38.3 Å². The van der Waals surface area contributed by atoms with Gasteiger partial charge in [-0.05, 0) is 30.4 Å². The third kappa shape index (κ3) is 4.23. The van der Waals surface area contributed by atoms with E-state index < -0.39 is 18.1 Å². The van der Waals surface area contributed by atoms with Gasteiger partial charge in [-0.25, -0.2) is 4.79 Å². The second-order valence-electron chi connectivity index (χ2n) is 8.95. The molecule has 2 amide bonds. The van der Waals surface area contributed by atoms with Gasteiger partial charge in [0.2, 0.25) is 11.8 Å². The Morgan fingerprint density at radius 2 is 1.72 bits per heavy atom. The van der Waals surface area contributed by atoms with Crippen LogP contribution >= 0.6 is 0 Å². The summed E-state index contributed by atoms with van der Waals surface area (Å²) >= 11 is 0. The molecule has 2 aliphatic rings. The summed E-state index contributed by atoms with van der Waals surface area (Å²) in [5, 5.41) is 9.30. The normalized spacial score (nSPS) is 21.4. The van der Waals surface area contributed by atoms with E-state index in [0.717, 1.165) is 0 Å². The molecule has 2 saturated heterocycles. The summed E-state index contributed by atoms with van der Waals surface area (Å²) in [6.45, 7) is 10.6. The van der Waals surface area contributed by atoms with Gasteiger partial charge in [0.15, 0.2) is 0 Å². The number of aliphatic carboxylic acids is 1. The fourth-order valence-electron chi connectivity index (χ4n) is 4.31. The summed E-state index contributed by atoms with van der Waals surface area (Å²) in [5.74, 6) is -1.47. The second kappa shape index (κ2) is 8.05. The lowest BCUT2D eigenvalue weighted by Crippen LogP contribution is -2.56. The Balaban J connectivity index is 1.69. The molecule has 29 heavy (non-hydrogen) atoms. The van der Waals surface area contributed by atoms with E-state index in [1.54, 1.807) is 4.90 Å². The lowest BCUT2D eigenvalue weighted by atomic mass is 9.85. The molecule has 0 aliphatic carbocycles. The monoisotopic (exact) mass is 401 g/mol. The molecule has 0 radical (unpaired) electrons. The highest BCUT2D eigenvalue weighted by atomic mass is 16.4. The van der Waals surface area contributed by atoms with Crippen molar-refractivity contribution in [2.24, 2.45) is 0 Å². The number of hydrogen-bond donors (Lipinski definition) is 1. The van der Waals surface area contributed by atoms with Crippen molar-refractivity contribution in [3.8, 4) is 0 Å². The maximum atomic E-state index is 13.1. The van der Waals surface area contributed by atoms with E-state index in [0.29, 0.717) is 32.6 Å². The standard InChI is InChI=1S/C22H31N3O4/c1-15(21(28)29)25-18(9-10-19(25)26)20(27)24-13-11-23(12-14-24)17-8-6-5-7-16(17)22(2,3)4/h5-8,15,18H,9-14H2,1-4H3,(H,28,29). The predicted octanol–water partition coefficient (Wildman–Crippen LogP) is 2.10. The van der Waals surface area contributed by atoms with Crippen LogP contribution in [0.4, 0.5) is 5.69 Å². The summed E-state index contributed by atoms with van der Waals surface area (Å²) in [6, 6.07) is 6.73. The first-order valence-corrected chi connectivity index (χ1v) is 10.3. The molecular formula is C22H31N3O4. The molecule has 7 nitrogen and oxygen atoms in total. The van der Waals surface area contributed by atoms with Crippen molar-refractivity contribution in [1.29, 1.82) is 0 Å². The molecule has 2 aliphatic heterocycles. The highest BCUT2D eigenvalue weighted by Gasteiger charge is 2.43. The Labute approximate surface area is 172 Å². The van der Waals surface area contributed by atoms with E-state index in [9.17, 15) is 19.5 Å². The number of carbonyl (C=O) groups is 3. The number of carboxylic acid groups (broad SMARTS) is 1. The van der Waals surface area contributed by atoms with Crippen molar-refractivity contribution >= 4 is 23.5 Å². The molecule has 2 unspecified atom stereocenters. The van der Waals surface area contributed by atoms with E-state index in [1.165, 1.54) is 23.1 Å². The predicted molar refractivity (Wildman–Crippen MR) is 111 cm³/mol. The topological polar surface area (TPSA) is 81.2 Å². The molecule has 7 heteroatoms. The average molecular weight is 402 g/mol. The van der Waals surface area contributed by atoms with Gasteiger partial charge in [-0.2, -0.15) is 0 Å². The van der Waals surface area contributed by atoms with Gasteiger partial charge in [0.1, 0.15) is 12.1 Å². The number of anilines is 1. The van der Waals surface area contributed by atoms with Gasteiger partial charge < -0.3 is 19.8 Å². The Bertz CT molecular complexity index is 793. The first-order valence-electron chi connectivity index (χ1n) is 10.3. The number of rotatable bonds is 4. The number of para-hydroxylation sites is 1. The van der Waals surface area contributed by atoms with Crippen molar-refractivity contribution in [2.75, 3.05) is 31.1 Å². The van der Waals surface area contributed by atoms with E-state index in [-0.39, 0.29) is 23.7 Å². The number of piperazine rings is 1. The Kier molecular flexibility index (Phi) is 5.87. The van der Waals surface area contributed by atoms with E-state index in [2.05, 4.69) is 43.9 Å². The lowest BCUT2D eigenvalue weighted by Gasteiger charge is -2.40. The zero-order valence-electron chi connectivity index (χ0n) is 17.7. The first kappa shape index (κ1) is 21.1. The largest absolute Gasteiger partial charge is 0.480 e. The number of hydrogen-bond acceptors (Lipinski definition) is 4. The summed E-state index contributed by atoms with van der Waals surface area (Å²) in [7, 11) is 0. The van der Waals surface area contributed by atoms with Crippen LogP contribution in [0.15, 0.2) is 24.3 Å². The summed E-state index contributed by atoms with van der Waals surface area (Å²) in [6.07, 6.45) is 0.620. The van der Waals surface area contributed by atoms with Crippen LogP contribution in [0.3, 0.4) is 0 Å². The van der Waals surface area contributed by atoms with Gasteiger partial charge in [0.05, 0.1) is 0 Å². The van der Waals surface area contributed by atoms with Crippen LogP contribution in [-0.4, -0.2) is 71.0 Å². The number of amides is 2. The third-order valence-electron chi connectivity index (χ3n) is 5.96. The molecular weight excluding hydrogens is 370 g/mol. The molecule has 1 aromatic carbocycles. The minimum Gasteiger partial charge on any atom is -0.480 e. The van der Waals surface area contributed by atoms with Crippen LogP contribution < -0.4 is 4.90 Å². The quantitative estimate of drug-likeness (QED) is 0.836. The number of likely N-dealkylation sites (tertiary alicyclic amines) is 1. The zero-order chi connectivity index (χ0) is 21.3. The van der Waals surface area contributed by atoms with E-state index in [1.807, 2.05) is 6.07 Å². The summed E-state index contributed by atoms with van der Waals surface area (Å²) in [4.78, 5) is 41.9. The second-order valence-corrected chi connectivity index (χ2v) is 8.95. The van der Waals surface area contributed by atoms with Crippen molar-refractivity contribution < 1.29 is 19.5 Å². The molecule has 0 spiro atoms. The Morgan fingerprint density at radius 3 is 2.31 bits per heavy atom. The van der Waals surface area contributed by atoms with Crippen molar-refractivity contribution in [2.45, 2.75) is 58.0 Å². The SMILES string of the molecule is CC(C(=O)O)N1C(=O)CCC1C(=O)N1CCN(c2ccccc2C(C)(C)C)CC1. The summed E-state index contributed by atoms with van der Waals surface area (Å²) in [5.41, 5.74) is 2.51. The molecule has 1 N–H and O–H groups in total. The van der Waals surface area contributed by atoms with Crippen LogP contribution in [0, 0.1) is 0 Å². The number of benzene rings is 1. The minimum atomic E-state index is -1.08. The Hall–Kier alpha value is -2.57. The van der Waals surface area contributed by atoms with Gasteiger partial charge in [-0.15, -0.1) is 0 Å². The molecule has 3 rings (SSSR count). The highest BCUT2D eigenvalue weighted by molar-refractivity contribution is 5.93. The lowest BCUT2D eigenvalue weighted by molar-refractivity contribution is -0.152. The van der Waals surface area contributed by atoms with Gasteiger partial charge in [0.25, 0.3) is 0 Å². The van der Waals surface area contributed by atoms with Crippen LogP contribution in [-0.2, 0) is 19.8 Å². The van der Waals surface area contributed by atoms with Crippen molar-refractivity contribution in [3.05, 3.63) is 29.8 Å². The maximum absolute atomic E-state index is 13.1. The van der Waals surface area contributed by atoms with Crippen LogP contribution in [0.1, 0.15) is 46.1 Å². The minimum absolute atomic E-state index is 0.0290. The van der Waals surface area contributed by atoms with Gasteiger partial charge in [-0.3, -0.25) is 9.59 Å². The van der Waals surface area contributed by atoms with Crippen LogP contribution in [0.5, 0.6) is 0 Å². The maximum Gasteiger partial charge on any atom is 0.326 e. The third-order valence-corrected chi connectivity index (χ3v) is 5.96.